The highest BCUT2D eigenvalue weighted by molar-refractivity contribution is 7.99. The molecule has 0 saturated heterocycles. The van der Waals surface area contributed by atoms with Crippen molar-refractivity contribution in [2.24, 2.45) is 0 Å². The highest BCUT2D eigenvalue weighted by Crippen LogP contribution is 2.35. The molecule has 0 N–H and O–H groups in total. The Morgan fingerprint density at radius 1 is 1.12 bits per heavy atom. The van der Waals surface area contributed by atoms with Crippen molar-refractivity contribution in [1.29, 1.82) is 0 Å². The second-order valence-electron chi connectivity index (χ2n) is 6.01. The minimum Gasteiger partial charge on any atom is -0.226 e. The molecule has 0 radical (unpaired) electrons. The standard InChI is InChI=1S/C18H19FN2O2S3/c1-11-12(2)25-18-16(11)17(20-13(3)21-18)24-9-4-10-26(22,23)15-7-5-14(19)6-8-15/h5-8H,4,9-10H2,1-3H3. The maximum atomic E-state index is 13.0. The number of hydrogen-bond acceptors (Lipinski definition) is 6. The third-order valence-corrected chi connectivity index (χ3v) is 8.06. The predicted octanol–water partition coefficient (Wildman–Crippen LogP) is 4.71. The van der Waals surface area contributed by atoms with Crippen LogP contribution < -0.4 is 0 Å². The maximum absolute atomic E-state index is 13.0. The average Bonchev–Trinajstić information content (AvgIpc) is 2.86. The van der Waals surface area contributed by atoms with E-state index in [4.69, 9.17) is 0 Å². The number of fused-ring (bicyclic) bond motifs is 1. The van der Waals surface area contributed by atoms with Crippen LogP contribution in [0.5, 0.6) is 0 Å². The van der Waals surface area contributed by atoms with Gasteiger partial charge in [-0.2, -0.15) is 0 Å². The monoisotopic (exact) mass is 410 g/mol. The Labute approximate surface area is 160 Å². The first-order chi connectivity index (χ1) is 12.3. The molecule has 0 aliphatic rings. The van der Waals surface area contributed by atoms with Crippen molar-refractivity contribution >= 4 is 43.2 Å². The zero-order chi connectivity index (χ0) is 18.9. The highest BCUT2D eigenvalue weighted by atomic mass is 32.2. The smallest absolute Gasteiger partial charge is 0.178 e. The molecule has 0 aliphatic carbocycles. The lowest BCUT2D eigenvalue weighted by Crippen LogP contribution is -2.07. The quantitative estimate of drug-likeness (QED) is 0.255. The van der Waals surface area contributed by atoms with Gasteiger partial charge < -0.3 is 0 Å². The Kier molecular flexibility index (Phi) is 5.64. The zero-order valence-electron chi connectivity index (χ0n) is 14.7. The van der Waals surface area contributed by atoms with Gasteiger partial charge in [0.05, 0.1) is 10.6 Å². The molecule has 0 aliphatic heterocycles. The molecule has 138 valence electrons. The van der Waals surface area contributed by atoms with E-state index in [1.54, 1.807) is 23.1 Å². The first kappa shape index (κ1) is 19.3. The van der Waals surface area contributed by atoms with E-state index in [-0.39, 0.29) is 10.6 Å². The number of hydrogen-bond donors (Lipinski definition) is 0. The fraction of sp³-hybridized carbons (Fsp3) is 0.333. The first-order valence-corrected chi connectivity index (χ1v) is 11.6. The Hall–Kier alpha value is -1.51. The lowest BCUT2D eigenvalue weighted by molar-refractivity contribution is 0.593. The molecule has 0 unspecified atom stereocenters. The summed E-state index contributed by atoms with van der Waals surface area (Å²) in [5.74, 6) is 0.949. The van der Waals surface area contributed by atoms with Gasteiger partial charge in [0.25, 0.3) is 0 Å². The van der Waals surface area contributed by atoms with E-state index in [0.29, 0.717) is 12.2 Å². The van der Waals surface area contributed by atoms with Crippen molar-refractivity contribution < 1.29 is 12.8 Å². The average molecular weight is 411 g/mol. The van der Waals surface area contributed by atoms with Crippen LogP contribution in [0.25, 0.3) is 10.2 Å². The Morgan fingerprint density at radius 3 is 2.50 bits per heavy atom. The third-order valence-electron chi connectivity index (χ3n) is 4.08. The van der Waals surface area contributed by atoms with Gasteiger partial charge in [-0.3, -0.25) is 0 Å². The van der Waals surface area contributed by atoms with Gasteiger partial charge in [0.15, 0.2) is 9.84 Å². The van der Waals surface area contributed by atoms with Crippen LogP contribution in [0.3, 0.4) is 0 Å². The van der Waals surface area contributed by atoms with Gasteiger partial charge in [0, 0.05) is 16.0 Å². The molecule has 3 rings (SSSR count). The third kappa shape index (κ3) is 4.07. The summed E-state index contributed by atoms with van der Waals surface area (Å²) in [4.78, 5) is 11.4. The SMILES string of the molecule is Cc1nc(SCCCS(=O)(=O)c2ccc(F)cc2)c2c(C)c(C)sc2n1. The molecule has 2 heterocycles. The summed E-state index contributed by atoms with van der Waals surface area (Å²) in [6, 6.07) is 4.96. The summed E-state index contributed by atoms with van der Waals surface area (Å²) in [5.41, 5.74) is 1.19. The van der Waals surface area contributed by atoms with E-state index >= 15 is 0 Å². The van der Waals surface area contributed by atoms with E-state index in [2.05, 4.69) is 23.8 Å². The fourth-order valence-electron chi connectivity index (χ4n) is 2.60. The minimum atomic E-state index is -3.40. The molecule has 1 aromatic carbocycles. The second kappa shape index (κ2) is 7.62. The molecule has 3 aromatic rings. The Morgan fingerprint density at radius 2 is 1.81 bits per heavy atom. The summed E-state index contributed by atoms with van der Waals surface area (Å²) in [6.45, 7) is 6.00. The Balaban J connectivity index is 1.69. The van der Waals surface area contributed by atoms with E-state index in [9.17, 15) is 12.8 Å². The molecule has 0 bridgehead atoms. The number of thiophene rings is 1. The minimum absolute atomic E-state index is 0.0283. The van der Waals surface area contributed by atoms with Crippen LogP contribution in [0.4, 0.5) is 4.39 Å². The van der Waals surface area contributed by atoms with E-state index in [0.717, 1.165) is 21.1 Å². The normalized spacial score (nSPS) is 12.0. The summed E-state index contributed by atoms with van der Waals surface area (Å²) in [7, 11) is -3.40. The molecular formula is C18H19FN2O2S3. The van der Waals surface area contributed by atoms with E-state index in [1.165, 1.54) is 34.7 Å². The van der Waals surface area contributed by atoms with Gasteiger partial charge in [-0.05, 0) is 57.0 Å². The first-order valence-electron chi connectivity index (χ1n) is 8.13. The maximum Gasteiger partial charge on any atom is 0.178 e. The number of nitrogens with zero attached hydrogens (tertiary/aromatic N) is 2. The largest absolute Gasteiger partial charge is 0.226 e. The number of aromatic nitrogens is 2. The molecule has 8 heteroatoms. The van der Waals surface area contributed by atoms with Gasteiger partial charge in [0.1, 0.15) is 21.5 Å². The fourth-order valence-corrected chi connectivity index (χ4v) is 6.30. The molecule has 0 atom stereocenters. The lowest BCUT2D eigenvalue weighted by atomic mass is 10.2. The van der Waals surface area contributed by atoms with Crippen LogP contribution >= 0.6 is 23.1 Å². The molecule has 0 fully saturated rings. The van der Waals surface area contributed by atoms with Gasteiger partial charge in [-0.1, -0.05) is 0 Å². The summed E-state index contributed by atoms with van der Waals surface area (Å²) in [5, 5.41) is 1.98. The topological polar surface area (TPSA) is 59.9 Å². The summed E-state index contributed by atoms with van der Waals surface area (Å²) < 4.78 is 37.6. The van der Waals surface area contributed by atoms with Crippen LogP contribution in [0.15, 0.2) is 34.2 Å². The molecular weight excluding hydrogens is 391 g/mol. The van der Waals surface area contributed by atoms with Gasteiger partial charge >= 0.3 is 0 Å². The summed E-state index contributed by atoms with van der Waals surface area (Å²) >= 11 is 3.22. The molecule has 2 aromatic heterocycles. The van der Waals surface area contributed by atoms with Crippen LogP contribution in [0.2, 0.25) is 0 Å². The molecule has 26 heavy (non-hydrogen) atoms. The molecule has 4 nitrogen and oxygen atoms in total. The van der Waals surface area contributed by atoms with Crippen molar-refractivity contribution in [1.82, 2.24) is 9.97 Å². The Bertz CT molecular complexity index is 1040. The van der Waals surface area contributed by atoms with Crippen LogP contribution in [-0.4, -0.2) is 29.9 Å². The van der Waals surface area contributed by atoms with Crippen LogP contribution in [-0.2, 0) is 9.84 Å². The van der Waals surface area contributed by atoms with Gasteiger partial charge in [0.2, 0.25) is 0 Å². The number of benzene rings is 1. The molecule has 0 saturated carbocycles. The highest BCUT2D eigenvalue weighted by Gasteiger charge is 2.16. The van der Waals surface area contributed by atoms with Crippen molar-refractivity contribution in [3.05, 3.63) is 46.3 Å². The van der Waals surface area contributed by atoms with Crippen molar-refractivity contribution in [3.8, 4) is 0 Å². The van der Waals surface area contributed by atoms with E-state index in [1.807, 2.05) is 6.92 Å². The summed E-state index contributed by atoms with van der Waals surface area (Å²) in [6.07, 6.45) is 0.497. The number of sulfone groups is 1. The van der Waals surface area contributed by atoms with Gasteiger partial charge in [-0.25, -0.2) is 22.8 Å². The number of thioether (sulfide) groups is 1. The van der Waals surface area contributed by atoms with Crippen molar-refractivity contribution in [2.75, 3.05) is 11.5 Å². The number of rotatable bonds is 6. The van der Waals surface area contributed by atoms with Gasteiger partial charge in [-0.15, -0.1) is 23.1 Å². The molecule has 0 amide bonds. The van der Waals surface area contributed by atoms with Crippen molar-refractivity contribution in [3.63, 3.8) is 0 Å². The lowest BCUT2D eigenvalue weighted by Gasteiger charge is -2.06. The van der Waals surface area contributed by atoms with E-state index < -0.39 is 15.7 Å². The van der Waals surface area contributed by atoms with Crippen molar-refractivity contribution in [2.45, 2.75) is 37.1 Å². The number of halogens is 1. The van der Waals surface area contributed by atoms with Crippen LogP contribution in [0, 0.1) is 26.6 Å². The zero-order valence-corrected chi connectivity index (χ0v) is 17.2. The predicted molar refractivity (Wildman–Crippen MR) is 105 cm³/mol. The second-order valence-corrected chi connectivity index (χ2v) is 10.4. The number of aryl methyl sites for hydroxylation is 3. The van der Waals surface area contributed by atoms with Crippen LogP contribution in [0.1, 0.15) is 22.7 Å². The molecule has 0 spiro atoms.